The molecule has 0 heterocycles. The van der Waals surface area contributed by atoms with Crippen LogP contribution in [0.3, 0.4) is 0 Å². The number of carbonyl (C=O) groups is 1. The van der Waals surface area contributed by atoms with Crippen molar-refractivity contribution in [1.82, 2.24) is 0 Å². The van der Waals surface area contributed by atoms with Crippen LogP contribution in [0.1, 0.15) is 13.3 Å². The number of aliphatic hydroxyl groups excluding tert-OH is 1. The molecule has 1 N–H and O–H groups in total. The van der Waals surface area contributed by atoms with Crippen molar-refractivity contribution in [3.05, 3.63) is 12.2 Å². The lowest BCUT2D eigenvalue weighted by Crippen LogP contribution is -2.25. The summed E-state index contributed by atoms with van der Waals surface area (Å²) in [5.74, 6) is -0.814. The minimum absolute atomic E-state index is 0.0733. The minimum Gasteiger partial charge on any atom is -0.460 e. The van der Waals surface area contributed by atoms with Crippen LogP contribution in [0.2, 0.25) is 0 Å². The molecule has 1 unspecified atom stereocenters. The van der Waals surface area contributed by atoms with Crippen molar-refractivity contribution in [2.75, 3.05) is 6.61 Å². The molecule has 0 aromatic heterocycles. The van der Waals surface area contributed by atoms with Crippen molar-refractivity contribution in [1.29, 1.82) is 0 Å². The van der Waals surface area contributed by atoms with Crippen LogP contribution in [0.5, 0.6) is 0 Å². The van der Waals surface area contributed by atoms with Crippen LogP contribution in [0.4, 0.5) is 13.2 Å². The lowest BCUT2D eigenvalue weighted by molar-refractivity contribution is -0.165. The second-order valence-electron chi connectivity index (χ2n) is 2.85. The summed E-state index contributed by atoms with van der Waals surface area (Å²) in [6.45, 7) is 3.91. The van der Waals surface area contributed by atoms with Crippen molar-refractivity contribution >= 4 is 5.97 Å². The van der Waals surface area contributed by atoms with Gasteiger partial charge in [-0.3, -0.25) is 0 Å². The van der Waals surface area contributed by atoms with E-state index in [-0.39, 0.29) is 5.57 Å². The maximum atomic E-state index is 11.7. The van der Waals surface area contributed by atoms with Crippen molar-refractivity contribution in [2.24, 2.45) is 0 Å². The summed E-state index contributed by atoms with van der Waals surface area (Å²) >= 11 is 0. The monoisotopic (exact) mass is 212 g/mol. The third-order valence-electron chi connectivity index (χ3n) is 1.22. The second-order valence-corrected chi connectivity index (χ2v) is 2.85. The lowest BCUT2D eigenvalue weighted by Gasteiger charge is -2.13. The fourth-order valence-corrected chi connectivity index (χ4v) is 0.621. The largest absolute Gasteiger partial charge is 0.460 e. The van der Waals surface area contributed by atoms with E-state index in [4.69, 9.17) is 5.11 Å². The number of hydrogen-bond acceptors (Lipinski definition) is 3. The van der Waals surface area contributed by atoms with E-state index in [2.05, 4.69) is 11.3 Å². The molecule has 1 atom stereocenters. The molecule has 0 radical (unpaired) electrons. The highest BCUT2D eigenvalue weighted by Gasteiger charge is 2.31. The minimum atomic E-state index is -4.46. The van der Waals surface area contributed by atoms with Crippen LogP contribution in [0.15, 0.2) is 12.2 Å². The highest BCUT2D eigenvalue weighted by Crippen LogP contribution is 2.21. The van der Waals surface area contributed by atoms with E-state index >= 15 is 0 Å². The number of carbonyl (C=O) groups excluding carboxylic acids is 1. The van der Waals surface area contributed by atoms with E-state index < -0.39 is 31.3 Å². The van der Waals surface area contributed by atoms with Gasteiger partial charge in [-0.15, -0.1) is 0 Å². The van der Waals surface area contributed by atoms with Crippen molar-refractivity contribution in [3.63, 3.8) is 0 Å². The van der Waals surface area contributed by atoms with E-state index in [0.717, 1.165) is 0 Å². The van der Waals surface area contributed by atoms with Crippen molar-refractivity contribution in [3.8, 4) is 0 Å². The summed E-state index contributed by atoms with van der Waals surface area (Å²) in [6, 6.07) is 0. The maximum Gasteiger partial charge on any atom is 0.391 e. The standard InChI is InChI=1S/C8H11F3O3/c1-5(2)7(13)14-4-6(12)3-8(9,10)11/h6,12H,1,3-4H2,2H3. The van der Waals surface area contributed by atoms with Gasteiger partial charge in [-0.25, -0.2) is 4.79 Å². The normalized spacial score (nSPS) is 13.5. The Hall–Kier alpha value is -1.04. The average Bonchev–Trinajstić information content (AvgIpc) is 1.96. The van der Waals surface area contributed by atoms with Crippen LogP contribution in [0, 0.1) is 0 Å². The lowest BCUT2D eigenvalue weighted by atomic mass is 10.2. The Bertz CT molecular complexity index is 222. The van der Waals surface area contributed by atoms with Crippen LogP contribution in [0.25, 0.3) is 0 Å². The van der Waals surface area contributed by atoms with Gasteiger partial charge in [0.25, 0.3) is 0 Å². The van der Waals surface area contributed by atoms with Gasteiger partial charge in [0, 0.05) is 5.57 Å². The zero-order chi connectivity index (χ0) is 11.4. The number of ether oxygens (including phenoxy) is 1. The van der Waals surface area contributed by atoms with Crippen molar-refractivity contribution in [2.45, 2.75) is 25.6 Å². The number of aliphatic hydroxyl groups is 1. The van der Waals surface area contributed by atoms with E-state index in [0.29, 0.717) is 0 Å². The van der Waals surface area contributed by atoms with Crippen LogP contribution >= 0.6 is 0 Å². The van der Waals surface area contributed by atoms with Gasteiger partial charge in [0.05, 0.1) is 12.5 Å². The molecule has 3 nitrogen and oxygen atoms in total. The quantitative estimate of drug-likeness (QED) is 0.566. The predicted octanol–water partition coefficient (Wildman–Crippen LogP) is 1.42. The van der Waals surface area contributed by atoms with Gasteiger partial charge in [-0.05, 0) is 6.92 Å². The van der Waals surface area contributed by atoms with Crippen molar-refractivity contribution < 1.29 is 27.8 Å². The summed E-state index contributed by atoms with van der Waals surface area (Å²) < 4.78 is 39.3. The number of esters is 1. The van der Waals surface area contributed by atoms with Gasteiger partial charge in [0.1, 0.15) is 6.61 Å². The summed E-state index contributed by atoms with van der Waals surface area (Å²) in [5.41, 5.74) is 0.0733. The first-order chi connectivity index (χ1) is 6.22. The Balaban J connectivity index is 3.80. The zero-order valence-corrected chi connectivity index (χ0v) is 7.60. The first kappa shape index (κ1) is 13.0. The fourth-order valence-electron chi connectivity index (χ4n) is 0.621. The van der Waals surface area contributed by atoms with E-state index in [9.17, 15) is 18.0 Å². The van der Waals surface area contributed by atoms with Crippen LogP contribution in [-0.2, 0) is 9.53 Å². The summed E-state index contributed by atoms with van der Waals surface area (Å²) in [6.07, 6.45) is -7.58. The van der Waals surface area contributed by atoms with E-state index in [1.165, 1.54) is 6.92 Å². The average molecular weight is 212 g/mol. The van der Waals surface area contributed by atoms with E-state index in [1.807, 2.05) is 0 Å². The highest BCUT2D eigenvalue weighted by molar-refractivity contribution is 5.86. The molecule has 6 heteroatoms. The molecular formula is C8H11F3O3. The fraction of sp³-hybridized carbons (Fsp3) is 0.625. The topological polar surface area (TPSA) is 46.5 Å². The SMILES string of the molecule is C=C(C)C(=O)OCC(O)CC(F)(F)F. The number of hydrogen-bond donors (Lipinski definition) is 1. The summed E-state index contributed by atoms with van der Waals surface area (Å²) in [7, 11) is 0. The third kappa shape index (κ3) is 6.47. The van der Waals surface area contributed by atoms with Gasteiger partial charge >= 0.3 is 12.1 Å². The van der Waals surface area contributed by atoms with E-state index in [1.54, 1.807) is 0 Å². The Morgan fingerprint density at radius 2 is 2.07 bits per heavy atom. The first-order valence-electron chi connectivity index (χ1n) is 3.80. The smallest absolute Gasteiger partial charge is 0.391 e. The predicted molar refractivity (Wildman–Crippen MR) is 42.5 cm³/mol. The third-order valence-corrected chi connectivity index (χ3v) is 1.22. The molecule has 0 saturated heterocycles. The van der Waals surface area contributed by atoms with Gasteiger partial charge < -0.3 is 9.84 Å². The van der Waals surface area contributed by atoms with Crippen LogP contribution in [-0.4, -0.2) is 30.0 Å². The Morgan fingerprint density at radius 3 is 2.43 bits per heavy atom. The Morgan fingerprint density at radius 1 is 1.57 bits per heavy atom. The Kier molecular flexibility index (Phi) is 4.62. The number of alkyl halides is 3. The molecule has 0 aliphatic heterocycles. The molecule has 0 aliphatic rings. The molecule has 82 valence electrons. The Labute approximate surface area is 79.2 Å². The molecule has 0 aromatic carbocycles. The molecule has 0 amide bonds. The molecule has 0 saturated carbocycles. The molecule has 0 fully saturated rings. The highest BCUT2D eigenvalue weighted by atomic mass is 19.4. The summed E-state index contributed by atoms with van der Waals surface area (Å²) in [5, 5.41) is 8.79. The van der Waals surface area contributed by atoms with Gasteiger partial charge in [-0.1, -0.05) is 6.58 Å². The van der Waals surface area contributed by atoms with Gasteiger partial charge in [0.2, 0.25) is 0 Å². The number of rotatable bonds is 4. The van der Waals surface area contributed by atoms with Gasteiger partial charge in [0.15, 0.2) is 0 Å². The van der Waals surface area contributed by atoms with Gasteiger partial charge in [-0.2, -0.15) is 13.2 Å². The molecular weight excluding hydrogens is 201 g/mol. The maximum absolute atomic E-state index is 11.7. The zero-order valence-electron chi connectivity index (χ0n) is 7.60. The summed E-state index contributed by atoms with van der Waals surface area (Å²) in [4.78, 5) is 10.7. The molecule has 0 aromatic rings. The molecule has 0 bridgehead atoms. The van der Waals surface area contributed by atoms with Crippen LogP contribution < -0.4 is 0 Å². The molecule has 0 spiro atoms. The first-order valence-corrected chi connectivity index (χ1v) is 3.80. The second kappa shape index (κ2) is 4.99. The molecule has 14 heavy (non-hydrogen) atoms. The number of halogens is 3. The molecule has 0 aliphatic carbocycles. The molecule has 0 rings (SSSR count).